The van der Waals surface area contributed by atoms with Gasteiger partial charge in [0.2, 0.25) is 5.16 Å². The van der Waals surface area contributed by atoms with Gasteiger partial charge in [-0.2, -0.15) is 4.68 Å². The molecule has 0 unspecified atom stereocenters. The molecule has 0 bridgehead atoms. The first-order valence-corrected chi connectivity index (χ1v) is 7.88. The highest BCUT2D eigenvalue weighted by atomic mass is 32.2. The van der Waals surface area contributed by atoms with Gasteiger partial charge in [-0.25, -0.2) is 0 Å². The Hall–Kier alpha value is -2.61. The lowest BCUT2D eigenvalue weighted by atomic mass is 10.3. The molecule has 3 rings (SSSR count). The lowest BCUT2D eigenvalue weighted by molar-refractivity contribution is 0.101. The second-order valence-corrected chi connectivity index (χ2v) is 5.70. The van der Waals surface area contributed by atoms with Crippen LogP contribution in [0, 0.1) is 0 Å². The van der Waals surface area contributed by atoms with Crippen LogP contribution in [0.1, 0.15) is 10.5 Å². The van der Waals surface area contributed by atoms with E-state index >= 15 is 0 Å². The number of rotatable bonds is 6. The first-order chi connectivity index (χ1) is 11.2. The van der Waals surface area contributed by atoms with Crippen LogP contribution >= 0.6 is 11.8 Å². The van der Waals surface area contributed by atoms with Crippen LogP contribution in [0.4, 0.5) is 0 Å². The Balaban J connectivity index is 1.79. The van der Waals surface area contributed by atoms with Gasteiger partial charge in [-0.05, 0) is 34.7 Å². The van der Waals surface area contributed by atoms with Gasteiger partial charge < -0.3 is 9.30 Å². The number of aromatic nitrogens is 5. The summed E-state index contributed by atoms with van der Waals surface area (Å²) in [5.41, 5.74) is 1.39. The van der Waals surface area contributed by atoms with E-state index in [2.05, 4.69) is 15.5 Å². The number of ether oxygens (including phenoxy) is 1. The molecule has 3 aromatic rings. The summed E-state index contributed by atoms with van der Waals surface area (Å²) >= 11 is 1.29. The standard InChI is InChI=1S/C15H15N5O2S/c1-19-9-5-7-11(19)13(21)10-23-15-16-17-18-20(15)12-6-3-4-8-14(12)22-2/h3-9H,10H2,1-2H3. The highest BCUT2D eigenvalue weighted by molar-refractivity contribution is 7.99. The number of aryl methyl sites for hydroxylation is 1. The number of para-hydroxylation sites is 2. The molecular formula is C15H15N5O2S. The Morgan fingerprint density at radius 1 is 1.26 bits per heavy atom. The molecule has 0 saturated heterocycles. The molecule has 0 aliphatic rings. The van der Waals surface area contributed by atoms with E-state index in [1.807, 2.05) is 43.6 Å². The van der Waals surface area contributed by atoms with Crippen molar-refractivity contribution in [3.8, 4) is 11.4 Å². The molecule has 0 radical (unpaired) electrons. The van der Waals surface area contributed by atoms with Crippen LogP contribution in [0.5, 0.6) is 5.75 Å². The summed E-state index contributed by atoms with van der Waals surface area (Å²) in [6, 6.07) is 11.1. The molecule has 0 N–H and O–H groups in total. The Kier molecular flexibility index (Phi) is 4.42. The van der Waals surface area contributed by atoms with E-state index in [1.165, 1.54) is 11.8 Å². The number of carbonyl (C=O) groups is 1. The van der Waals surface area contributed by atoms with Gasteiger partial charge in [0, 0.05) is 13.2 Å². The molecule has 7 nitrogen and oxygen atoms in total. The van der Waals surface area contributed by atoms with Gasteiger partial charge in [0.05, 0.1) is 18.6 Å². The maximum absolute atomic E-state index is 12.2. The Morgan fingerprint density at radius 2 is 2.09 bits per heavy atom. The number of hydrogen-bond donors (Lipinski definition) is 0. The zero-order chi connectivity index (χ0) is 16.2. The normalized spacial score (nSPS) is 10.7. The molecule has 0 aliphatic heterocycles. The van der Waals surface area contributed by atoms with E-state index in [0.717, 1.165) is 5.69 Å². The van der Waals surface area contributed by atoms with E-state index in [1.54, 1.807) is 22.4 Å². The summed E-state index contributed by atoms with van der Waals surface area (Å²) in [5, 5.41) is 12.2. The molecular weight excluding hydrogens is 314 g/mol. The lowest BCUT2D eigenvalue weighted by Gasteiger charge is -2.08. The van der Waals surface area contributed by atoms with Crippen molar-refractivity contribution < 1.29 is 9.53 Å². The molecule has 2 heterocycles. The number of nitrogens with zero attached hydrogens (tertiary/aromatic N) is 5. The third kappa shape index (κ3) is 3.11. The van der Waals surface area contributed by atoms with Crippen molar-refractivity contribution in [1.82, 2.24) is 24.8 Å². The maximum Gasteiger partial charge on any atom is 0.214 e. The predicted octanol–water partition coefficient (Wildman–Crippen LogP) is 1.98. The summed E-state index contributed by atoms with van der Waals surface area (Å²) < 4.78 is 8.70. The van der Waals surface area contributed by atoms with E-state index in [9.17, 15) is 4.79 Å². The van der Waals surface area contributed by atoms with Gasteiger partial charge in [0.25, 0.3) is 0 Å². The number of Topliss-reactive ketones (excluding diaryl/α,β-unsaturated/α-hetero) is 1. The minimum Gasteiger partial charge on any atom is -0.494 e. The van der Waals surface area contributed by atoms with Gasteiger partial charge in [-0.1, -0.05) is 23.9 Å². The van der Waals surface area contributed by atoms with Crippen LogP contribution < -0.4 is 4.74 Å². The second-order valence-electron chi connectivity index (χ2n) is 4.76. The molecule has 2 aromatic heterocycles. The molecule has 23 heavy (non-hydrogen) atoms. The highest BCUT2D eigenvalue weighted by Gasteiger charge is 2.16. The topological polar surface area (TPSA) is 74.8 Å². The van der Waals surface area contributed by atoms with Crippen LogP contribution in [-0.4, -0.2) is 43.4 Å². The highest BCUT2D eigenvalue weighted by Crippen LogP contribution is 2.25. The summed E-state index contributed by atoms with van der Waals surface area (Å²) in [6.45, 7) is 0. The smallest absolute Gasteiger partial charge is 0.214 e. The molecule has 0 atom stereocenters. The minimum atomic E-state index is 0.0251. The van der Waals surface area contributed by atoms with E-state index in [-0.39, 0.29) is 11.5 Å². The van der Waals surface area contributed by atoms with Crippen LogP contribution in [0.3, 0.4) is 0 Å². The van der Waals surface area contributed by atoms with Crippen LogP contribution in [0.25, 0.3) is 5.69 Å². The lowest BCUT2D eigenvalue weighted by Crippen LogP contribution is -2.09. The Labute approximate surface area is 137 Å². The first-order valence-electron chi connectivity index (χ1n) is 6.90. The summed E-state index contributed by atoms with van der Waals surface area (Å²) in [7, 11) is 3.44. The van der Waals surface area contributed by atoms with Crippen molar-refractivity contribution in [2.24, 2.45) is 7.05 Å². The number of methoxy groups -OCH3 is 1. The van der Waals surface area contributed by atoms with Crippen molar-refractivity contribution >= 4 is 17.5 Å². The Bertz CT molecular complexity index is 827. The molecule has 8 heteroatoms. The molecule has 1 aromatic carbocycles. The molecule has 0 saturated carbocycles. The molecule has 0 spiro atoms. The fourth-order valence-corrected chi connectivity index (χ4v) is 2.94. The fourth-order valence-electron chi connectivity index (χ4n) is 2.18. The van der Waals surface area contributed by atoms with Gasteiger partial charge in [-0.15, -0.1) is 5.10 Å². The predicted molar refractivity (Wildman–Crippen MR) is 86.2 cm³/mol. The summed E-state index contributed by atoms with van der Waals surface area (Å²) in [4.78, 5) is 12.2. The second kappa shape index (κ2) is 6.66. The van der Waals surface area contributed by atoms with E-state index in [0.29, 0.717) is 16.6 Å². The van der Waals surface area contributed by atoms with E-state index in [4.69, 9.17) is 4.74 Å². The minimum absolute atomic E-state index is 0.0251. The third-order valence-corrected chi connectivity index (χ3v) is 4.24. The van der Waals surface area contributed by atoms with Crippen LogP contribution in [-0.2, 0) is 7.05 Å². The zero-order valence-corrected chi connectivity index (χ0v) is 13.5. The number of ketones is 1. The third-order valence-electron chi connectivity index (χ3n) is 3.32. The number of carbonyl (C=O) groups excluding carboxylic acids is 1. The molecule has 0 amide bonds. The number of benzene rings is 1. The summed E-state index contributed by atoms with van der Waals surface area (Å²) in [6.07, 6.45) is 1.84. The average Bonchev–Trinajstić information content (AvgIpc) is 3.21. The van der Waals surface area contributed by atoms with Crippen molar-refractivity contribution in [2.75, 3.05) is 12.9 Å². The van der Waals surface area contributed by atoms with Gasteiger partial charge in [0.1, 0.15) is 11.4 Å². The van der Waals surface area contributed by atoms with Crippen LogP contribution in [0.2, 0.25) is 0 Å². The van der Waals surface area contributed by atoms with Gasteiger partial charge >= 0.3 is 0 Å². The van der Waals surface area contributed by atoms with E-state index < -0.39 is 0 Å². The Morgan fingerprint density at radius 3 is 2.83 bits per heavy atom. The van der Waals surface area contributed by atoms with Gasteiger partial charge in [-0.3, -0.25) is 4.79 Å². The van der Waals surface area contributed by atoms with Crippen molar-refractivity contribution in [1.29, 1.82) is 0 Å². The average molecular weight is 329 g/mol. The number of hydrogen-bond acceptors (Lipinski definition) is 6. The largest absolute Gasteiger partial charge is 0.494 e. The monoisotopic (exact) mass is 329 g/mol. The van der Waals surface area contributed by atoms with Gasteiger partial charge in [0.15, 0.2) is 5.78 Å². The quantitative estimate of drug-likeness (QED) is 0.508. The fraction of sp³-hybridized carbons (Fsp3) is 0.200. The SMILES string of the molecule is COc1ccccc1-n1nnnc1SCC(=O)c1cccn1C. The summed E-state index contributed by atoms with van der Waals surface area (Å²) in [5.74, 6) is 0.945. The van der Waals surface area contributed by atoms with Crippen LogP contribution in [0.15, 0.2) is 47.8 Å². The molecule has 0 fully saturated rings. The maximum atomic E-state index is 12.2. The number of thioether (sulfide) groups is 1. The zero-order valence-electron chi connectivity index (χ0n) is 12.7. The number of tetrazole rings is 1. The van der Waals surface area contributed by atoms with Crippen molar-refractivity contribution in [3.63, 3.8) is 0 Å². The van der Waals surface area contributed by atoms with Crippen molar-refractivity contribution in [3.05, 3.63) is 48.3 Å². The molecule has 118 valence electrons. The first kappa shape index (κ1) is 15.3. The van der Waals surface area contributed by atoms with Crippen molar-refractivity contribution in [2.45, 2.75) is 5.16 Å². The molecule has 0 aliphatic carbocycles.